The third-order valence-corrected chi connectivity index (χ3v) is 8.60. The summed E-state index contributed by atoms with van der Waals surface area (Å²) in [7, 11) is -5.94. The van der Waals surface area contributed by atoms with Crippen molar-refractivity contribution in [3.8, 4) is 5.75 Å². The van der Waals surface area contributed by atoms with Gasteiger partial charge >= 0.3 is 27.3 Å². The highest BCUT2D eigenvalue weighted by Crippen LogP contribution is 2.31. The fraction of sp³-hybridized carbons (Fsp3) is 0.176. The van der Waals surface area contributed by atoms with Crippen LogP contribution < -0.4 is 4.74 Å². The Morgan fingerprint density at radius 3 is 2.27 bits per heavy atom. The number of hydrogen-bond donors (Lipinski definition) is 1. The number of carbonyl (C=O) groups excluding carboxylic acids is 2. The minimum atomic E-state index is -5.94. The van der Waals surface area contributed by atoms with Crippen LogP contribution in [0.25, 0.3) is 0 Å². The van der Waals surface area contributed by atoms with E-state index in [-0.39, 0.29) is 11.3 Å². The zero-order chi connectivity index (χ0) is 25.3. The molecule has 0 aromatic heterocycles. The first-order chi connectivity index (χ1) is 15.1. The van der Waals surface area contributed by atoms with Gasteiger partial charge in [-0.3, -0.25) is 14.7 Å². The van der Waals surface area contributed by atoms with Gasteiger partial charge in [-0.25, -0.2) is 9.59 Å². The first-order valence-electron chi connectivity index (χ1n) is 8.27. The third-order valence-electron chi connectivity index (χ3n) is 3.91. The zero-order valence-electron chi connectivity index (χ0n) is 15.9. The SMILES string of the molecule is CC(OC(=O)c1cc(OC(=O)c2cc(I)cc(I)c2I)ccc1[N+](=O)[O-])C(F)(F)S(=O)(=O)O. The summed E-state index contributed by atoms with van der Waals surface area (Å²) in [6, 6.07) is 5.86. The van der Waals surface area contributed by atoms with Gasteiger partial charge in [0.1, 0.15) is 11.3 Å². The standard InChI is InChI=1S/C17H10F2I3NO9S/c1-7(17(18,19)33(28,29)30)31-15(24)10-6-9(2-3-13(10)23(26)27)32-16(25)11-4-8(20)5-12(21)14(11)22/h2-7H,1H3,(H,28,29,30). The molecule has 178 valence electrons. The fourth-order valence-electron chi connectivity index (χ4n) is 2.27. The number of nitrogens with zero attached hydrogens (tertiary/aromatic N) is 1. The Balaban J connectivity index is 2.40. The molecule has 0 aliphatic rings. The van der Waals surface area contributed by atoms with Crippen LogP contribution in [0.1, 0.15) is 27.6 Å². The Labute approximate surface area is 225 Å². The van der Waals surface area contributed by atoms with Crippen molar-refractivity contribution in [3.63, 3.8) is 0 Å². The number of hydrogen-bond acceptors (Lipinski definition) is 8. The Hall–Kier alpha value is -1.26. The Morgan fingerprint density at radius 1 is 1.12 bits per heavy atom. The van der Waals surface area contributed by atoms with Crippen molar-refractivity contribution in [2.24, 2.45) is 0 Å². The van der Waals surface area contributed by atoms with Crippen LogP contribution in [-0.4, -0.2) is 41.2 Å². The maximum Gasteiger partial charge on any atom is 0.405 e. The number of nitro groups is 1. The molecule has 16 heteroatoms. The summed E-state index contributed by atoms with van der Waals surface area (Å²) >= 11 is 5.92. The van der Waals surface area contributed by atoms with E-state index in [1.807, 2.05) is 73.8 Å². The third kappa shape index (κ3) is 6.45. The van der Waals surface area contributed by atoms with Crippen LogP contribution in [0.15, 0.2) is 30.3 Å². The largest absolute Gasteiger partial charge is 0.451 e. The second kappa shape index (κ2) is 10.6. The van der Waals surface area contributed by atoms with E-state index in [0.717, 1.165) is 25.3 Å². The van der Waals surface area contributed by atoms with Gasteiger partial charge in [0.05, 0.1) is 10.5 Å². The number of halogens is 5. The molecule has 2 aromatic carbocycles. The topological polar surface area (TPSA) is 150 Å². The van der Waals surface area contributed by atoms with Gasteiger partial charge in [-0.05, 0) is 92.9 Å². The average Bonchev–Trinajstić information content (AvgIpc) is 2.69. The van der Waals surface area contributed by atoms with Gasteiger partial charge in [0.2, 0.25) is 0 Å². The van der Waals surface area contributed by atoms with Gasteiger partial charge < -0.3 is 9.47 Å². The second-order valence-corrected chi connectivity index (χ2v) is 11.1. The molecule has 10 nitrogen and oxygen atoms in total. The molecule has 2 aromatic rings. The Kier molecular flexibility index (Phi) is 8.95. The monoisotopic (exact) mass is 823 g/mol. The van der Waals surface area contributed by atoms with E-state index in [0.29, 0.717) is 10.5 Å². The molecule has 0 radical (unpaired) electrons. The summed E-state index contributed by atoms with van der Waals surface area (Å²) in [5, 5.41) is 6.37. The van der Waals surface area contributed by atoms with Crippen molar-refractivity contribution >= 4 is 95.5 Å². The molecule has 0 spiro atoms. The quantitative estimate of drug-likeness (QED) is 0.0801. The Bertz CT molecular complexity index is 1250. The maximum atomic E-state index is 13.7. The van der Waals surface area contributed by atoms with Crippen LogP contribution in [0.5, 0.6) is 5.75 Å². The number of benzene rings is 2. The van der Waals surface area contributed by atoms with Gasteiger partial charge in [0.25, 0.3) is 5.69 Å². The van der Waals surface area contributed by atoms with E-state index in [1.165, 1.54) is 6.07 Å². The number of nitro benzene ring substituents is 1. The van der Waals surface area contributed by atoms with E-state index in [1.54, 1.807) is 0 Å². The lowest BCUT2D eigenvalue weighted by Gasteiger charge is -2.20. The number of ether oxygens (including phenoxy) is 2. The van der Waals surface area contributed by atoms with Crippen molar-refractivity contribution in [2.75, 3.05) is 0 Å². The maximum absolute atomic E-state index is 13.7. The summed E-state index contributed by atoms with van der Waals surface area (Å²) in [6.07, 6.45) is -2.69. The molecule has 0 aliphatic carbocycles. The van der Waals surface area contributed by atoms with Gasteiger partial charge in [-0.15, -0.1) is 0 Å². The summed E-state index contributed by atoms with van der Waals surface area (Å²) < 4.78 is 69.2. The van der Waals surface area contributed by atoms with Crippen LogP contribution >= 0.6 is 67.8 Å². The molecule has 0 fully saturated rings. The van der Waals surface area contributed by atoms with Gasteiger partial charge in [0.15, 0.2) is 6.10 Å². The van der Waals surface area contributed by atoms with Gasteiger partial charge in [0, 0.05) is 22.8 Å². The molecule has 0 saturated carbocycles. The van der Waals surface area contributed by atoms with Crippen molar-refractivity contribution in [3.05, 3.63) is 62.3 Å². The molecule has 0 heterocycles. The van der Waals surface area contributed by atoms with E-state index < -0.39 is 49.6 Å². The minimum absolute atomic E-state index is 0.177. The molecule has 0 aliphatic heterocycles. The number of esters is 2. The fourth-order valence-corrected chi connectivity index (χ4v) is 5.11. The van der Waals surface area contributed by atoms with Crippen molar-refractivity contribution < 1.29 is 45.7 Å². The number of alkyl halides is 2. The van der Waals surface area contributed by atoms with E-state index >= 15 is 0 Å². The van der Waals surface area contributed by atoms with E-state index in [2.05, 4.69) is 4.74 Å². The highest BCUT2D eigenvalue weighted by Gasteiger charge is 2.52. The normalized spacial score (nSPS) is 12.7. The summed E-state index contributed by atoms with van der Waals surface area (Å²) in [6.45, 7) is 0.474. The van der Waals surface area contributed by atoms with Crippen LogP contribution in [0.4, 0.5) is 14.5 Å². The van der Waals surface area contributed by atoms with Crippen LogP contribution in [-0.2, 0) is 14.9 Å². The predicted octanol–water partition coefficient (Wildman–Crippen LogP) is 4.65. The van der Waals surface area contributed by atoms with Crippen molar-refractivity contribution in [2.45, 2.75) is 18.3 Å². The molecular weight excluding hydrogens is 813 g/mol. The smallest absolute Gasteiger partial charge is 0.405 e. The average molecular weight is 823 g/mol. The summed E-state index contributed by atoms with van der Waals surface area (Å²) in [4.78, 5) is 35.1. The Morgan fingerprint density at radius 2 is 1.73 bits per heavy atom. The molecule has 1 unspecified atom stereocenters. The molecule has 0 bridgehead atoms. The van der Waals surface area contributed by atoms with Crippen molar-refractivity contribution in [1.29, 1.82) is 0 Å². The minimum Gasteiger partial charge on any atom is -0.451 e. The number of carbonyl (C=O) groups is 2. The highest BCUT2D eigenvalue weighted by atomic mass is 127. The molecule has 33 heavy (non-hydrogen) atoms. The molecule has 0 saturated heterocycles. The van der Waals surface area contributed by atoms with Crippen molar-refractivity contribution in [1.82, 2.24) is 0 Å². The second-order valence-electron chi connectivity index (χ2n) is 6.16. The first kappa shape index (κ1) is 28.0. The lowest BCUT2D eigenvalue weighted by atomic mass is 10.1. The highest BCUT2D eigenvalue weighted by molar-refractivity contribution is 14.1. The van der Waals surface area contributed by atoms with Gasteiger partial charge in [-0.2, -0.15) is 17.2 Å². The van der Waals surface area contributed by atoms with Crippen LogP contribution in [0, 0.1) is 20.8 Å². The summed E-state index contributed by atoms with van der Waals surface area (Å²) in [5.41, 5.74) is -1.58. The molecule has 1 atom stereocenters. The number of rotatable bonds is 7. The zero-order valence-corrected chi connectivity index (χ0v) is 23.2. The lowest BCUT2D eigenvalue weighted by molar-refractivity contribution is -0.385. The molecule has 1 N–H and O–H groups in total. The predicted molar refractivity (Wildman–Crippen MR) is 134 cm³/mol. The van der Waals surface area contributed by atoms with Gasteiger partial charge in [-0.1, -0.05) is 0 Å². The van der Waals surface area contributed by atoms with E-state index in [9.17, 15) is 36.9 Å². The van der Waals surface area contributed by atoms with E-state index in [4.69, 9.17) is 9.29 Å². The first-order valence-corrected chi connectivity index (χ1v) is 12.9. The van der Waals surface area contributed by atoms with Crippen LogP contribution in [0.2, 0.25) is 0 Å². The molecule has 0 amide bonds. The molecular formula is C17H10F2I3NO9S. The summed E-state index contributed by atoms with van der Waals surface area (Å²) in [5.74, 6) is -2.89. The molecule has 2 rings (SSSR count). The lowest BCUT2D eigenvalue weighted by Crippen LogP contribution is -2.42. The van der Waals surface area contributed by atoms with Crippen LogP contribution in [0.3, 0.4) is 0 Å².